The Labute approximate surface area is 195 Å². The smallest absolute Gasteiger partial charge is 0.293 e. The van der Waals surface area contributed by atoms with Crippen LogP contribution in [0.25, 0.3) is 6.08 Å². The number of amides is 2. The van der Waals surface area contributed by atoms with Crippen LogP contribution < -0.4 is 9.47 Å². The molecule has 0 aromatic heterocycles. The van der Waals surface area contributed by atoms with Crippen LogP contribution in [0.2, 0.25) is 5.02 Å². The van der Waals surface area contributed by atoms with Gasteiger partial charge in [-0.25, -0.2) is 4.39 Å². The molecule has 0 unspecified atom stereocenters. The van der Waals surface area contributed by atoms with Crippen LogP contribution in [0.1, 0.15) is 11.1 Å². The van der Waals surface area contributed by atoms with Gasteiger partial charge < -0.3 is 9.47 Å². The zero-order chi connectivity index (χ0) is 21.8. The van der Waals surface area contributed by atoms with Gasteiger partial charge in [0.1, 0.15) is 12.4 Å². The second-order valence-corrected chi connectivity index (χ2v) is 8.59. The van der Waals surface area contributed by atoms with Crippen molar-refractivity contribution in [2.75, 3.05) is 13.7 Å². The predicted octanol–water partition coefficient (Wildman–Crippen LogP) is 5.34. The van der Waals surface area contributed by atoms with Crippen LogP contribution in [0, 0.1) is 21.7 Å². The lowest BCUT2D eigenvalue weighted by Crippen LogP contribution is -2.27. The summed E-state index contributed by atoms with van der Waals surface area (Å²) >= 11 is 8.92. The summed E-state index contributed by atoms with van der Waals surface area (Å²) in [7, 11) is 1.50. The van der Waals surface area contributed by atoms with Crippen molar-refractivity contribution >= 4 is 63.2 Å². The molecule has 1 heterocycles. The zero-order valence-corrected chi connectivity index (χ0v) is 19.3. The summed E-state index contributed by atoms with van der Waals surface area (Å²) < 4.78 is 24.8. The minimum absolute atomic E-state index is 0.0408. The standard InChI is InChI=1S/C21H14ClFINO4S/c1-3-6-29-19-16(24)7-12(8-17(19)28-2)9-18-20(26)25(21(27)30-18)11-13-4-5-14(23)10-15(13)22/h1,4-5,7-10H,6,11H2,2H3/b18-9+. The van der Waals surface area contributed by atoms with Crippen molar-refractivity contribution in [2.24, 2.45) is 0 Å². The van der Waals surface area contributed by atoms with Crippen molar-refractivity contribution in [1.82, 2.24) is 4.90 Å². The van der Waals surface area contributed by atoms with Crippen molar-refractivity contribution in [3.63, 3.8) is 0 Å². The van der Waals surface area contributed by atoms with Gasteiger partial charge in [-0.1, -0.05) is 23.6 Å². The Kier molecular flexibility index (Phi) is 7.28. The molecule has 1 saturated heterocycles. The summed E-state index contributed by atoms with van der Waals surface area (Å²) in [6, 6.07) is 7.31. The lowest BCUT2D eigenvalue weighted by molar-refractivity contribution is -0.123. The number of nitrogens with zero attached hydrogens (tertiary/aromatic N) is 1. The van der Waals surface area contributed by atoms with Gasteiger partial charge in [-0.2, -0.15) is 0 Å². The Bertz CT molecular complexity index is 1100. The largest absolute Gasteiger partial charge is 0.493 e. The molecule has 154 valence electrons. The van der Waals surface area contributed by atoms with Crippen LogP contribution in [0.5, 0.6) is 11.5 Å². The van der Waals surface area contributed by atoms with Crippen molar-refractivity contribution in [3.05, 3.63) is 60.8 Å². The van der Waals surface area contributed by atoms with Gasteiger partial charge in [-0.15, -0.1) is 6.42 Å². The highest BCUT2D eigenvalue weighted by molar-refractivity contribution is 14.1. The number of halogens is 3. The highest BCUT2D eigenvalue weighted by Gasteiger charge is 2.35. The third kappa shape index (κ3) is 4.91. The number of hydrogen-bond acceptors (Lipinski definition) is 5. The van der Waals surface area contributed by atoms with Gasteiger partial charge in [-0.05, 0) is 75.8 Å². The van der Waals surface area contributed by atoms with Crippen molar-refractivity contribution < 1.29 is 23.5 Å². The predicted molar refractivity (Wildman–Crippen MR) is 123 cm³/mol. The second-order valence-electron chi connectivity index (χ2n) is 6.03. The zero-order valence-electron chi connectivity index (χ0n) is 15.6. The van der Waals surface area contributed by atoms with E-state index >= 15 is 0 Å². The average Bonchev–Trinajstić information content (AvgIpc) is 2.96. The topological polar surface area (TPSA) is 55.8 Å². The second kappa shape index (κ2) is 9.73. The lowest BCUT2D eigenvalue weighted by atomic mass is 10.1. The van der Waals surface area contributed by atoms with Crippen LogP contribution in [-0.4, -0.2) is 29.8 Å². The Morgan fingerprint density at radius 3 is 2.77 bits per heavy atom. The van der Waals surface area contributed by atoms with E-state index in [4.69, 9.17) is 27.5 Å². The van der Waals surface area contributed by atoms with Gasteiger partial charge in [0.25, 0.3) is 11.1 Å². The van der Waals surface area contributed by atoms with Crippen molar-refractivity contribution in [1.29, 1.82) is 0 Å². The molecule has 1 aliphatic heterocycles. The fourth-order valence-electron chi connectivity index (χ4n) is 2.68. The monoisotopic (exact) mass is 557 g/mol. The first-order chi connectivity index (χ1) is 14.3. The van der Waals surface area contributed by atoms with E-state index in [-0.39, 0.29) is 23.1 Å². The lowest BCUT2D eigenvalue weighted by Gasteiger charge is -2.13. The summed E-state index contributed by atoms with van der Waals surface area (Å²) in [6.07, 6.45) is 6.84. The minimum Gasteiger partial charge on any atom is -0.493 e. The van der Waals surface area contributed by atoms with Crippen LogP contribution in [0.3, 0.4) is 0 Å². The van der Waals surface area contributed by atoms with Gasteiger partial charge in [0.15, 0.2) is 11.5 Å². The molecule has 5 nitrogen and oxygen atoms in total. The highest BCUT2D eigenvalue weighted by atomic mass is 127. The molecule has 30 heavy (non-hydrogen) atoms. The highest BCUT2D eigenvalue weighted by Crippen LogP contribution is 2.38. The van der Waals surface area contributed by atoms with Gasteiger partial charge in [0.2, 0.25) is 0 Å². The average molecular weight is 558 g/mol. The Morgan fingerprint density at radius 2 is 2.10 bits per heavy atom. The summed E-state index contributed by atoms with van der Waals surface area (Å²) in [6.45, 7) is 0.0530. The van der Waals surface area contributed by atoms with Crippen molar-refractivity contribution in [2.45, 2.75) is 6.54 Å². The number of benzene rings is 2. The molecule has 0 atom stereocenters. The minimum atomic E-state index is -0.490. The molecule has 0 bridgehead atoms. The number of carbonyl (C=O) groups is 2. The number of rotatable bonds is 6. The molecule has 9 heteroatoms. The molecule has 2 amide bonds. The first-order valence-corrected chi connectivity index (χ1v) is 10.7. The maximum Gasteiger partial charge on any atom is 0.293 e. The van der Waals surface area contributed by atoms with Crippen molar-refractivity contribution in [3.8, 4) is 23.8 Å². The number of hydrogen-bond donors (Lipinski definition) is 0. The maximum absolute atomic E-state index is 13.2. The molecule has 2 aromatic rings. The maximum atomic E-state index is 13.2. The molecule has 0 N–H and O–H groups in total. The molecule has 3 rings (SSSR count). The van der Waals surface area contributed by atoms with E-state index in [2.05, 4.69) is 28.5 Å². The third-order valence-corrected chi connectivity index (χ3v) is 6.13. The number of methoxy groups -OCH3 is 1. The van der Waals surface area contributed by atoms with E-state index in [1.165, 1.54) is 19.2 Å². The molecule has 2 aromatic carbocycles. The molecule has 0 radical (unpaired) electrons. The van der Waals surface area contributed by atoms with Gasteiger partial charge >= 0.3 is 0 Å². The molecule has 1 fully saturated rings. The van der Waals surface area contributed by atoms with Crippen LogP contribution in [0.15, 0.2) is 35.2 Å². The van der Waals surface area contributed by atoms with E-state index in [0.717, 1.165) is 26.3 Å². The molecular weight excluding hydrogens is 544 g/mol. The summed E-state index contributed by atoms with van der Waals surface area (Å²) in [5.41, 5.74) is 1.14. The Hall–Kier alpha value is -2.22. The fraction of sp³-hybridized carbons (Fsp3) is 0.143. The number of thioether (sulfide) groups is 1. The number of ether oxygens (including phenoxy) is 2. The van der Waals surface area contributed by atoms with E-state index < -0.39 is 17.0 Å². The van der Waals surface area contributed by atoms with Crippen LogP contribution in [-0.2, 0) is 11.3 Å². The number of carbonyl (C=O) groups excluding carboxylic acids is 2. The normalized spacial score (nSPS) is 14.9. The van der Waals surface area contributed by atoms with E-state index in [1.807, 2.05) is 0 Å². The molecule has 0 saturated carbocycles. The quantitative estimate of drug-likeness (QED) is 0.273. The van der Waals surface area contributed by atoms with Crippen LogP contribution >= 0.6 is 46.0 Å². The molecule has 0 spiro atoms. The summed E-state index contributed by atoms with van der Waals surface area (Å²) in [5, 5.41) is -0.276. The SMILES string of the molecule is C#CCOc1c(I)cc(/C=C2/SC(=O)N(Cc3ccc(F)cc3Cl)C2=O)cc1OC. The first kappa shape index (κ1) is 22.5. The van der Waals surface area contributed by atoms with E-state index in [0.29, 0.717) is 22.6 Å². The van der Waals surface area contributed by atoms with Gasteiger partial charge in [0.05, 0.1) is 22.1 Å². The fourth-order valence-corrected chi connectivity index (χ4v) is 4.53. The first-order valence-electron chi connectivity index (χ1n) is 8.47. The number of imide groups is 1. The van der Waals surface area contributed by atoms with Gasteiger partial charge in [0, 0.05) is 5.02 Å². The Morgan fingerprint density at radius 1 is 1.33 bits per heavy atom. The Balaban J connectivity index is 1.86. The van der Waals surface area contributed by atoms with E-state index in [1.54, 1.807) is 18.2 Å². The molecular formula is C21H14ClFINO4S. The number of terminal acetylenes is 1. The third-order valence-electron chi connectivity index (χ3n) is 4.07. The molecule has 1 aliphatic rings. The summed E-state index contributed by atoms with van der Waals surface area (Å²) in [5.74, 6) is 2.42. The summed E-state index contributed by atoms with van der Waals surface area (Å²) in [4.78, 5) is 26.5. The van der Waals surface area contributed by atoms with E-state index in [9.17, 15) is 14.0 Å². The molecule has 0 aliphatic carbocycles. The van der Waals surface area contributed by atoms with Crippen LogP contribution in [0.4, 0.5) is 9.18 Å². The van der Waals surface area contributed by atoms with Gasteiger partial charge in [-0.3, -0.25) is 14.5 Å².